The van der Waals surface area contributed by atoms with Gasteiger partial charge in [0, 0.05) is 18.9 Å². The Kier molecular flexibility index (Phi) is 4.79. The van der Waals surface area contributed by atoms with Gasteiger partial charge in [0.1, 0.15) is 5.82 Å². The van der Waals surface area contributed by atoms with E-state index in [4.69, 9.17) is 0 Å². The third-order valence-corrected chi connectivity index (χ3v) is 4.32. The summed E-state index contributed by atoms with van der Waals surface area (Å²) in [4.78, 5) is 19.1. The molecule has 7 nitrogen and oxygen atoms in total. The van der Waals surface area contributed by atoms with Crippen LogP contribution in [0.3, 0.4) is 0 Å². The van der Waals surface area contributed by atoms with Crippen molar-refractivity contribution in [2.45, 2.75) is 0 Å². The summed E-state index contributed by atoms with van der Waals surface area (Å²) < 4.78 is 1.60. The topological polar surface area (TPSA) is 75.9 Å². The molecule has 0 radical (unpaired) electrons. The quantitative estimate of drug-likeness (QED) is 0.580. The van der Waals surface area contributed by atoms with Crippen molar-refractivity contribution in [1.29, 1.82) is 0 Å². The monoisotopic (exact) mass is 370 g/mol. The molecule has 4 rings (SSSR count). The van der Waals surface area contributed by atoms with Crippen molar-refractivity contribution >= 4 is 23.1 Å². The van der Waals surface area contributed by atoms with E-state index in [1.54, 1.807) is 29.3 Å². The number of nitrogens with zero attached hydrogens (tertiary/aromatic N) is 5. The number of aromatic nitrogens is 4. The summed E-state index contributed by atoms with van der Waals surface area (Å²) >= 11 is 0. The van der Waals surface area contributed by atoms with E-state index in [2.05, 4.69) is 20.6 Å². The molecule has 138 valence electrons. The van der Waals surface area contributed by atoms with Crippen LogP contribution in [0.2, 0.25) is 0 Å². The number of anilines is 3. The Labute approximate surface area is 162 Å². The van der Waals surface area contributed by atoms with Crippen LogP contribution < -0.4 is 10.2 Å². The number of hydrogen-bond donors (Lipinski definition) is 1. The summed E-state index contributed by atoms with van der Waals surface area (Å²) in [6.45, 7) is 0. The fourth-order valence-electron chi connectivity index (χ4n) is 2.81. The van der Waals surface area contributed by atoms with Gasteiger partial charge in [-0.1, -0.05) is 35.5 Å². The van der Waals surface area contributed by atoms with E-state index < -0.39 is 0 Å². The number of hydrogen-bond acceptors (Lipinski definition) is 5. The van der Waals surface area contributed by atoms with Crippen molar-refractivity contribution in [2.75, 3.05) is 17.3 Å². The maximum atomic E-state index is 12.7. The summed E-state index contributed by atoms with van der Waals surface area (Å²) in [6, 6.07) is 20.9. The first-order valence-electron chi connectivity index (χ1n) is 8.74. The highest BCUT2D eigenvalue weighted by atomic mass is 16.1. The Morgan fingerprint density at radius 2 is 1.79 bits per heavy atom. The zero-order valence-corrected chi connectivity index (χ0v) is 15.2. The fourth-order valence-corrected chi connectivity index (χ4v) is 2.81. The standard InChI is InChI=1S/C21H18N6O/c1-26(17-7-3-2-4-8-17)20-12-11-16(15-22-20)21(28)24-18-9-5-6-10-19(18)27-14-13-23-25-27/h2-15H,1H3,(H,24,28). The highest BCUT2D eigenvalue weighted by Gasteiger charge is 2.12. The Morgan fingerprint density at radius 1 is 1.00 bits per heavy atom. The molecule has 0 bridgehead atoms. The largest absolute Gasteiger partial charge is 0.329 e. The summed E-state index contributed by atoms with van der Waals surface area (Å²) in [6.07, 6.45) is 4.88. The Hall–Kier alpha value is -4.00. The molecule has 0 saturated heterocycles. The molecule has 4 aromatic rings. The molecule has 0 aliphatic carbocycles. The molecular weight excluding hydrogens is 352 g/mol. The number of amides is 1. The number of para-hydroxylation sites is 3. The first kappa shape index (κ1) is 17.4. The lowest BCUT2D eigenvalue weighted by atomic mass is 10.2. The number of nitrogens with one attached hydrogen (secondary N) is 1. The van der Waals surface area contributed by atoms with Gasteiger partial charge < -0.3 is 10.2 Å². The summed E-state index contributed by atoms with van der Waals surface area (Å²) in [5.74, 6) is 0.514. The third kappa shape index (κ3) is 3.59. The van der Waals surface area contributed by atoms with E-state index in [1.807, 2.05) is 72.6 Å². The van der Waals surface area contributed by atoms with Crippen LogP contribution in [0, 0.1) is 0 Å². The summed E-state index contributed by atoms with van der Waals surface area (Å²) in [5.41, 5.74) is 2.87. The van der Waals surface area contributed by atoms with Crippen LogP contribution in [0.1, 0.15) is 10.4 Å². The van der Waals surface area contributed by atoms with Crippen LogP contribution in [0.5, 0.6) is 0 Å². The third-order valence-electron chi connectivity index (χ3n) is 4.32. The molecular formula is C21H18N6O. The van der Waals surface area contributed by atoms with Gasteiger partial charge in [0.25, 0.3) is 5.91 Å². The maximum Gasteiger partial charge on any atom is 0.257 e. The average molecular weight is 370 g/mol. The zero-order valence-electron chi connectivity index (χ0n) is 15.2. The van der Waals surface area contributed by atoms with E-state index in [0.717, 1.165) is 17.2 Å². The van der Waals surface area contributed by atoms with Crippen molar-refractivity contribution in [1.82, 2.24) is 20.0 Å². The number of pyridine rings is 1. The van der Waals surface area contributed by atoms with E-state index >= 15 is 0 Å². The summed E-state index contributed by atoms with van der Waals surface area (Å²) in [7, 11) is 1.94. The molecule has 7 heteroatoms. The average Bonchev–Trinajstić information content (AvgIpc) is 3.29. The van der Waals surface area contributed by atoms with Gasteiger partial charge in [-0.25, -0.2) is 9.67 Å². The highest BCUT2D eigenvalue weighted by Crippen LogP contribution is 2.22. The molecule has 2 aromatic carbocycles. The van der Waals surface area contributed by atoms with Crippen molar-refractivity contribution < 1.29 is 4.79 Å². The first-order valence-corrected chi connectivity index (χ1v) is 8.74. The van der Waals surface area contributed by atoms with Crippen LogP contribution in [-0.4, -0.2) is 32.9 Å². The van der Waals surface area contributed by atoms with Gasteiger partial charge in [0.2, 0.25) is 0 Å². The zero-order chi connectivity index (χ0) is 19.3. The second-order valence-corrected chi connectivity index (χ2v) is 6.12. The smallest absolute Gasteiger partial charge is 0.257 e. The van der Waals surface area contributed by atoms with Gasteiger partial charge in [-0.05, 0) is 36.4 Å². The predicted octanol–water partition coefficient (Wildman–Crippen LogP) is 3.68. The van der Waals surface area contributed by atoms with Crippen LogP contribution in [0.4, 0.5) is 17.2 Å². The Bertz CT molecular complexity index is 1060. The second kappa shape index (κ2) is 7.71. The SMILES string of the molecule is CN(c1ccccc1)c1ccc(C(=O)Nc2ccccc2-n2ccnn2)cn1. The molecule has 2 aromatic heterocycles. The van der Waals surface area contributed by atoms with Crippen molar-refractivity contribution in [3.8, 4) is 5.69 Å². The van der Waals surface area contributed by atoms with Crippen LogP contribution in [-0.2, 0) is 0 Å². The van der Waals surface area contributed by atoms with Crippen molar-refractivity contribution in [3.05, 3.63) is 90.9 Å². The maximum absolute atomic E-state index is 12.7. The number of rotatable bonds is 5. The molecule has 1 amide bonds. The van der Waals surface area contributed by atoms with E-state index in [9.17, 15) is 4.79 Å². The first-order chi connectivity index (χ1) is 13.7. The van der Waals surface area contributed by atoms with Gasteiger partial charge in [-0.15, -0.1) is 5.10 Å². The minimum atomic E-state index is -0.242. The molecule has 0 fully saturated rings. The lowest BCUT2D eigenvalue weighted by molar-refractivity contribution is 0.102. The van der Waals surface area contributed by atoms with Gasteiger partial charge in [-0.2, -0.15) is 0 Å². The van der Waals surface area contributed by atoms with E-state index in [1.165, 1.54) is 0 Å². The minimum absolute atomic E-state index is 0.242. The minimum Gasteiger partial charge on any atom is -0.329 e. The molecule has 1 N–H and O–H groups in total. The molecule has 0 aliphatic rings. The molecule has 0 atom stereocenters. The Balaban J connectivity index is 1.52. The van der Waals surface area contributed by atoms with Gasteiger partial charge in [-0.3, -0.25) is 4.79 Å². The molecule has 28 heavy (non-hydrogen) atoms. The van der Waals surface area contributed by atoms with Crippen molar-refractivity contribution in [3.63, 3.8) is 0 Å². The fraction of sp³-hybridized carbons (Fsp3) is 0.0476. The molecule has 0 aliphatic heterocycles. The lowest BCUT2D eigenvalue weighted by Gasteiger charge is -2.18. The lowest BCUT2D eigenvalue weighted by Crippen LogP contribution is -2.15. The molecule has 0 unspecified atom stereocenters. The van der Waals surface area contributed by atoms with Crippen LogP contribution >= 0.6 is 0 Å². The van der Waals surface area contributed by atoms with E-state index in [-0.39, 0.29) is 5.91 Å². The number of carbonyl (C=O) groups is 1. The predicted molar refractivity (Wildman–Crippen MR) is 108 cm³/mol. The summed E-state index contributed by atoms with van der Waals surface area (Å²) in [5, 5.41) is 10.7. The van der Waals surface area contributed by atoms with Gasteiger partial charge in [0.15, 0.2) is 0 Å². The molecule has 0 saturated carbocycles. The van der Waals surface area contributed by atoms with Crippen LogP contribution in [0.25, 0.3) is 5.69 Å². The number of carbonyl (C=O) groups excluding carboxylic acids is 1. The van der Waals surface area contributed by atoms with E-state index in [0.29, 0.717) is 11.3 Å². The van der Waals surface area contributed by atoms with Gasteiger partial charge in [0.05, 0.1) is 29.3 Å². The highest BCUT2D eigenvalue weighted by molar-refractivity contribution is 6.05. The molecule has 2 heterocycles. The Morgan fingerprint density at radius 3 is 2.50 bits per heavy atom. The second-order valence-electron chi connectivity index (χ2n) is 6.12. The normalized spacial score (nSPS) is 10.5. The van der Waals surface area contributed by atoms with Crippen molar-refractivity contribution in [2.24, 2.45) is 0 Å². The number of benzene rings is 2. The van der Waals surface area contributed by atoms with Crippen LogP contribution in [0.15, 0.2) is 85.3 Å². The van der Waals surface area contributed by atoms with Gasteiger partial charge >= 0.3 is 0 Å². The molecule has 0 spiro atoms.